The van der Waals surface area contributed by atoms with Crippen molar-refractivity contribution in [2.45, 2.75) is 57.4 Å². The first kappa shape index (κ1) is 21.2. The van der Waals surface area contributed by atoms with Gasteiger partial charge >= 0.3 is 0 Å². The number of nitrogens with one attached hydrogen (secondary N) is 2. The first-order valence-electron chi connectivity index (χ1n) is 11.3. The largest absolute Gasteiger partial charge is 0.341 e. The Balaban J connectivity index is 1.47. The summed E-state index contributed by atoms with van der Waals surface area (Å²) in [6, 6.07) is 5.57. The van der Waals surface area contributed by atoms with Gasteiger partial charge in [0.2, 0.25) is 17.8 Å². The van der Waals surface area contributed by atoms with Crippen LogP contribution in [0.15, 0.2) is 23.2 Å². The van der Waals surface area contributed by atoms with Crippen LogP contribution in [0.5, 0.6) is 0 Å². The lowest BCUT2D eigenvalue weighted by molar-refractivity contribution is -0.140. The highest BCUT2D eigenvalue weighted by molar-refractivity contribution is 5.97. The van der Waals surface area contributed by atoms with E-state index in [0.717, 1.165) is 57.3 Å². The summed E-state index contributed by atoms with van der Waals surface area (Å²) in [4.78, 5) is 33.8. The molecule has 2 amide bonds. The molecule has 0 unspecified atom stereocenters. The fourth-order valence-corrected chi connectivity index (χ4v) is 4.68. The van der Waals surface area contributed by atoms with Crippen LogP contribution < -0.4 is 10.6 Å². The summed E-state index contributed by atoms with van der Waals surface area (Å²) >= 11 is 0. The molecule has 0 radical (unpaired) electrons. The fourth-order valence-electron chi connectivity index (χ4n) is 4.68. The van der Waals surface area contributed by atoms with Crippen molar-refractivity contribution in [3.8, 4) is 6.19 Å². The van der Waals surface area contributed by atoms with Gasteiger partial charge in [0.05, 0.1) is 6.54 Å². The smallest absolute Gasteiger partial charge is 0.247 e. The minimum Gasteiger partial charge on any atom is -0.341 e. The molecule has 3 aliphatic rings. The zero-order valence-corrected chi connectivity index (χ0v) is 17.9. The monoisotopic (exact) mass is 422 g/mol. The Morgan fingerprint density at radius 1 is 1.10 bits per heavy atom. The molecule has 8 nitrogen and oxygen atoms in total. The number of guanidine groups is 1. The third-order valence-corrected chi connectivity index (χ3v) is 6.36. The maximum atomic E-state index is 13.2. The molecule has 1 atom stereocenters. The van der Waals surface area contributed by atoms with Crippen LogP contribution in [0.4, 0.5) is 5.69 Å². The van der Waals surface area contributed by atoms with Gasteiger partial charge in [0.25, 0.3) is 0 Å². The number of aliphatic imine (C=N–C) groups is 1. The van der Waals surface area contributed by atoms with E-state index in [4.69, 9.17) is 0 Å². The number of aryl methyl sites for hydroxylation is 2. The Morgan fingerprint density at radius 2 is 1.87 bits per heavy atom. The highest BCUT2D eigenvalue weighted by Gasteiger charge is 2.30. The molecule has 2 aliphatic heterocycles. The number of hydrogen-bond donors (Lipinski definition) is 2. The second-order valence-electron chi connectivity index (χ2n) is 8.54. The fraction of sp³-hybridized carbons (Fsp3) is 0.565. The maximum Gasteiger partial charge on any atom is 0.247 e. The van der Waals surface area contributed by atoms with Crippen LogP contribution in [0.25, 0.3) is 0 Å². The number of likely N-dealkylation sites (tertiary alicyclic amines) is 2. The Hall–Kier alpha value is -3.08. The molecule has 2 heterocycles. The lowest BCUT2D eigenvalue weighted by Gasteiger charge is -2.25. The summed E-state index contributed by atoms with van der Waals surface area (Å²) in [7, 11) is 0. The summed E-state index contributed by atoms with van der Waals surface area (Å²) in [5.74, 6) is 0.145. The van der Waals surface area contributed by atoms with Crippen LogP contribution >= 0.6 is 0 Å². The number of fused-ring (bicyclic) bond motifs is 1. The van der Waals surface area contributed by atoms with E-state index in [0.29, 0.717) is 13.0 Å². The van der Waals surface area contributed by atoms with Gasteiger partial charge in [-0.15, -0.1) is 0 Å². The van der Waals surface area contributed by atoms with E-state index >= 15 is 0 Å². The van der Waals surface area contributed by atoms with E-state index in [9.17, 15) is 14.9 Å². The molecule has 2 fully saturated rings. The molecule has 1 aromatic carbocycles. The number of carbonyl (C=O) groups is 2. The van der Waals surface area contributed by atoms with Crippen molar-refractivity contribution in [3.05, 3.63) is 29.3 Å². The molecule has 4 rings (SSSR count). The number of amides is 2. The third-order valence-electron chi connectivity index (χ3n) is 6.36. The number of anilines is 1. The van der Waals surface area contributed by atoms with E-state index in [1.165, 1.54) is 17.5 Å². The van der Waals surface area contributed by atoms with Gasteiger partial charge in [0, 0.05) is 25.3 Å². The van der Waals surface area contributed by atoms with Crippen molar-refractivity contribution in [2.24, 2.45) is 4.99 Å². The van der Waals surface area contributed by atoms with Crippen molar-refractivity contribution in [1.29, 1.82) is 5.26 Å². The Labute approximate surface area is 183 Å². The molecule has 2 saturated heterocycles. The second kappa shape index (κ2) is 9.82. The highest BCUT2D eigenvalue weighted by atomic mass is 16.2. The Bertz CT molecular complexity index is 900. The van der Waals surface area contributed by atoms with Crippen LogP contribution in [-0.4, -0.2) is 59.8 Å². The molecule has 164 valence electrons. The summed E-state index contributed by atoms with van der Waals surface area (Å²) in [6.45, 7) is 2.25. The number of nitrogens with zero attached hydrogens (tertiary/aromatic N) is 4. The van der Waals surface area contributed by atoms with Gasteiger partial charge in [-0.2, -0.15) is 5.26 Å². The molecule has 0 saturated carbocycles. The molecule has 1 aromatic rings. The highest BCUT2D eigenvalue weighted by Crippen LogP contribution is 2.25. The van der Waals surface area contributed by atoms with E-state index in [1.807, 2.05) is 17.2 Å². The SMILES string of the molecule is N#CNC(=N[C@H]1CCCCN(CC(=O)N2CCCC2)C1=O)Nc1ccc2c(c1)CCC2. The van der Waals surface area contributed by atoms with Gasteiger partial charge in [0.1, 0.15) is 6.04 Å². The Kier molecular flexibility index (Phi) is 6.70. The van der Waals surface area contributed by atoms with Crippen LogP contribution in [0.2, 0.25) is 0 Å². The molecular weight excluding hydrogens is 392 g/mol. The molecule has 0 bridgehead atoms. The minimum atomic E-state index is -0.605. The van der Waals surface area contributed by atoms with Gasteiger partial charge in [0.15, 0.2) is 6.19 Å². The van der Waals surface area contributed by atoms with Crippen LogP contribution in [-0.2, 0) is 22.4 Å². The van der Waals surface area contributed by atoms with Crippen molar-refractivity contribution < 1.29 is 9.59 Å². The molecule has 2 N–H and O–H groups in total. The average molecular weight is 423 g/mol. The molecule has 0 aromatic heterocycles. The first-order chi connectivity index (χ1) is 15.1. The van der Waals surface area contributed by atoms with E-state index in [2.05, 4.69) is 27.8 Å². The average Bonchev–Trinajstić information content (AvgIpc) is 3.43. The normalized spacial score (nSPS) is 21.5. The molecule has 1 aliphatic carbocycles. The number of carbonyl (C=O) groups excluding carboxylic acids is 2. The van der Waals surface area contributed by atoms with E-state index < -0.39 is 6.04 Å². The predicted octanol–water partition coefficient (Wildman–Crippen LogP) is 2.02. The van der Waals surface area contributed by atoms with Gasteiger partial charge in [-0.25, -0.2) is 4.99 Å². The predicted molar refractivity (Wildman–Crippen MR) is 118 cm³/mol. The van der Waals surface area contributed by atoms with Crippen molar-refractivity contribution in [2.75, 3.05) is 31.5 Å². The number of rotatable bonds is 4. The van der Waals surface area contributed by atoms with Gasteiger partial charge in [-0.3, -0.25) is 14.9 Å². The maximum absolute atomic E-state index is 13.2. The van der Waals surface area contributed by atoms with Crippen molar-refractivity contribution in [1.82, 2.24) is 15.1 Å². The molecular formula is C23H30N6O2. The second-order valence-corrected chi connectivity index (χ2v) is 8.54. The number of nitriles is 1. The minimum absolute atomic E-state index is 0.0159. The molecule has 31 heavy (non-hydrogen) atoms. The summed E-state index contributed by atoms with van der Waals surface area (Å²) in [5.41, 5.74) is 3.54. The summed E-state index contributed by atoms with van der Waals surface area (Å²) in [5, 5.41) is 14.9. The van der Waals surface area contributed by atoms with Crippen LogP contribution in [0.1, 0.15) is 49.7 Å². The van der Waals surface area contributed by atoms with Crippen LogP contribution in [0, 0.1) is 11.5 Å². The lowest BCUT2D eigenvalue weighted by Crippen LogP contribution is -2.45. The summed E-state index contributed by atoms with van der Waals surface area (Å²) in [6.07, 6.45) is 9.62. The molecule has 8 heteroatoms. The zero-order chi connectivity index (χ0) is 21.6. The quantitative estimate of drug-likeness (QED) is 0.335. The van der Waals surface area contributed by atoms with E-state index in [-0.39, 0.29) is 24.3 Å². The zero-order valence-electron chi connectivity index (χ0n) is 17.9. The standard InChI is InChI=1S/C23H30N6O2/c24-16-25-23(26-19-10-9-17-6-5-7-18(17)14-19)27-20-8-1-2-13-29(22(20)31)15-21(30)28-11-3-4-12-28/h9-10,14,20H,1-8,11-13,15H2,(H2,25,26,27)/t20-/m0/s1. The molecule has 0 spiro atoms. The third kappa shape index (κ3) is 5.16. The van der Waals surface area contributed by atoms with Gasteiger partial charge < -0.3 is 15.1 Å². The topological polar surface area (TPSA) is 101 Å². The van der Waals surface area contributed by atoms with Gasteiger partial charge in [-0.1, -0.05) is 6.07 Å². The van der Waals surface area contributed by atoms with Crippen molar-refractivity contribution >= 4 is 23.5 Å². The van der Waals surface area contributed by atoms with Crippen LogP contribution in [0.3, 0.4) is 0 Å². The first-order valence-corrected chi connectivity index (χ1v) is 11.3. The van der Waals surface area contributed by atoms with Gasteiger partial charge in [-0.05, 0) is 74.6 Å². The number of benzene rings is 1. The number of hydrogen-bond acceptors (Lipinski definition) is 4. The lowest BCUT2D eigenvalue weighted by atomic mass is 10.1. The summed E-state index contributed by atoms with van der Waals surface area (Å²) < 4.78 is 0. The van der Waals surface area contributed by atoms with E-state index in [1.54, 1.807) is 4.90 Å². The van der Waals surface area contributed by atoms with Crippen molar-refractivity contribution in [3.63, 3.8) is 0 Å². The Morgan fingerprint density at radius 3 is 2.68 bits per heavy atom.